The molecule has 0 spiro atoms. The number of nitroso groups, excluding NO2 is 1. The molecule has 13 heavy (non-hydrogen) atoms. The van der Waals surface area contributed by atoms with Crippen LogP contribution in [0.25, 0.3) is 0 Å². The lowest BCUT2D eigenvalue weighted by atomic mass is 10.1. The number of fused-ring (bicyclic) bond motifs is 1. The predicted molar refractivity (Wildman–Crippen MR) is 49.9 cm³/mol. The second-order valence-electron chi connectivity index (χ2n) is 3.22. The van der Waals surface area contributed by atoms with Crippen molar-refractivity contribution >= 4 is 0 Å². The number of rotatable bonds is 2. The van der Waals surface area contributed by atoms with Gasteiger partial charge in [0.2, 0.25) is 0 Å². The molecule has 3 nitrogen and oxygen atoms in total. The van der Waals surface area contributed by atoms with Crippen LogP contribution in [0, 0.1) is 4.91 Å². The number of aryl methyl sites for hydroxylation is 1. The fraction of sp³-hybridized carbons (Fsp3) is 0.400. The van der Waals surface area contributed by atoms with E-state index in [1.165, 1.54) is 5.56 Å². The van der Waals surface area contributed by atoms with Crippen LogP contribution in [0.2, 0.25) is 0 Å². The van der Waals surface area contributed by atoms with E-state index in [2.05, 4.69) is 5.18 Å². The van der Waals surface area contributed by atoms with Gasteiger partial charge in [-0.05, 0) is 36.1 Å². The second-order valence-corrected chi connectivity index (χ2v) is 3.22. The highest BCUT2D eigenvalue weighted by molar-refractivity contribution is 5.40. The smallest absolute Gasteiger partial charge is 0.119 e. The third-order valence-electron chi connectivity index (χ3n) is 2.53. The van der Waals surface area contributed by atoms with Crippen LogP contribution in [0.4, 0.5) is 0 Å². The Bertz CT molecular complexity index is 336. The number of benzene rings is 1. The van der Waals surface area contributed by atoms with Gasteiger partial charge in [0.05, 0.1) is 7.11 Å². The minimum absolute atomic E-state index is 0.162. The highest BCUT2D eigenvalue weighted by Crippen LogP contribution is 2.35. The van der Waals surface area contributed by atoms with Crippen molar-refractivity contribution in [3.8, 4) is 5.75 Å². The Balaban J connectivity index is 2.42. The Morgan fingerprint density at radius 3 is 3.08 bits per heavy atom. The highest BCUT2D eigenvalue weighted by atomic mass is 16.5. The van der Waals surface area contributed by atoms with Crippen molar-refractivity contribution in [2.75, 3.05) is 7.11 Å². The van der Waals surface area contributed by atoms with Crippen molar-refractivity contribution in [2.24, 2.45) is 5.18 Å². The SMILES string of the molecule is COc1ccc2c(c1)C(N=O)CC2. The van der Waals surface area contributed by atoms with Gasteiger partial charge in [-0.15, -0.1) is 0 Å². The number of ether oxygens (including phenoxy) is 1. The minimum Gasteiger partial charge on any atom is -0.497 e. The van der Waals surface area contributed by atoms with E-state index in [1.54, 1.807) is 7.11 Å². The Hall–Kier alpha value is -1.38. The molecule has 68 valence electrons. The first-order chi connectivity index (χ1) is 6.35. The largest absolute Gasteiger partial charge is 0.497 e. The van der Waals surface area contributed by atoms with Gasteiger partial charge >= 0.3 is 0 Å². The standard InChI is InChI=1S/C10H11NO2/c1-13-8-4-2-7-3-5-10(11-12)9(7)6-8/h2,4,6,10H,3,5H2,1H3. The molecular weight excluding hydrogens is 166 g/mol. The molecule has 0 saturated carbocycles. The Labute approximate surface area is 76.7 Å². The first-order valence-electron chi connectivity index (χ1n) is 4.34. The topological polar surface area (TPSA) is 38.7 Å². The fourth-order valence-corrected chi connectivity index (χ4v) is 1.80. The van der Waals surface area contributed by atoms with Gasteiger partial charge in [-0.25, -0.2) is 0 Å². The summed E-state index contributed by atoms with van der Waals surface area (Å²) in [6.07, 6.45) is 1.79. The summed E-state index contributed by atoms with van der Waals surface area (Å²) in [5.74, 6) is 0.800. The van der Waals surface area contributed by atoms with E-state index >= 15 is 0 Å². The van der Waals surface area contributed by atoms with Crippen molar-refractivity contribution in [3.05, 3.63) is 34.2 Å². The van der Waals surface area contributed by atoms with E-state index in [-0.39, 0.29) is 6.04 Å². The summed E-state index contributed by atoms with van der Waals surface area (Å²) in [6, 6.07) is 5.69. The molecule has 0 amide bonds. The normalized spacial score (nSPS) is 19.6. The van der Waals surface area contributed by atoms with Crippen molar-refractivity contribution in [2.45, 2.75) is 18.9 Å². The molecule has 2 rings (SSSR count). The number of nitrogens with zero attached hydrogens (tertiary/aromatic N) is 1. The number of hydrogen-bond acceptors (Lipinski definition) is 3. The molecule has 0 heterocycles. The number of methoxy groups -OCH3 is 1. The van der Waals surface area contributed by atoms with Crippen LogP contribution in [0.1, 0.15) is 23.6 Å². The lowest BCUT2D eigenvalue weighted by Crippen LogP contribution is -1.90. The lowest BCUT2D eigenvalue weighted by molar-refractivity contribution is 0.414. The Morgan fingerprint density at radius 1 is 1.54 bits per heavy atom. The monoisotopic (exact) mass is 177 g/mol. The molecule has 0 N–H and O–H groups in total. The second kappa shape index (κ2) is 3.17. The van der Waals surface area contributed by atoms with Gasteiger partial charge < -0.3 is 4.74 Å². The van der Waals surface area contributed by atoms with Gasteiger partial charge in [0.15, 0.2) is 0 Å². The quantitative estimate of drug-likeness (QED) is 0.651. The van der Waals surface area contributed by atoms with E-state index in [1.807, 2.05) is 18.2 Å². The van der Waals surface area contributed by atoms with Gasteiger partial charge in [-0.1, -0.05) is 11.2 Å². The van der Waals surface area contributed by atoms with Crippen molar-refractivity contribution < 1.29 is 4.74 Å². The molecule has 1 aromatic carbocycles. The highest BCUT2D eigenvalue weighted by Gasteiger charge is 2.23. The first-order valence-corrected chi connectivity index (χ1v) is 4.34. The van der Waals surface area contributed by atoms with Gasteiger partial charge in [0, 0.05) is 0 Å². The molecule has 0 saturated heterocycles. The summed E-state index contributed by atoms with van der Waals surface area (Å²) < 4.78 is 5.09. The molecule has 1 atom stereocenters. The third kappa shape index (κ3) is 1.30. The van der Waals surface area contributed by atoms with Gasteiger partial charge in [0.1, 0.15) is 11.8 Å². The zero-order valence-electron chi connectivity index (χ0n) is 7.49. The van der Waals surface area contributed by atoms with Crippen LogP contribution in [-0.2, 0) is 6.42 Å². The summed E-state index contributed by atoms with van der Waals surface area (Å²) in [5.41, 5.74) is 2.26. The molecule has 1 aliphatic rings. The van der Waals surface area contributed by atoms with Gasteiger partial charge in [-0.3, -0.25) is 0 Å². The van der Waals surface area contributed by atoms with E-state index in [0.717, 1.165) is 24.2 Å². The lowest BCUT2D eigenvalue weighted by Gasteiger charge is -2.04. The third-order valence-corrected chi connectivity index (χ3v) is 2.53. The summed E-state index contributed by atoms with van der Waals surface area (Å²) >= 11 is 0. The summed E-state index contributed by atoms with van der Waals surface area (Å²) in [6.45, 7) is 0. The zero-order chi connectivity index (χ0) is 9.26. The van der Waals surface area contributed by atoms with E-state index in [0.29, 0.717) is 0 Å². The Morgan fingerprint density at radius 2 is 2.38 bits per heavy atom. The zero-order valence-corrected chi connectivity index (χ0v) is 7.49. The average molecular weight is 177 g/mol. The molecule has 3 heteroatoms. The Kier molecular flexibility index (Phi) is 2.00. The van der Waals surface area contributed by atoms with Crippen LogP contribution in [0.15, 0.2) is 23.4 Å². The predicted octanol–water partition coefficient (Wildman–Crippen LogP) is 2.45. The molecule has 1 unspecified atom stereocenters. The minimum atomic E-state index is -0.162. The van der Waals surface area contributed by atoms with E-state index in [9.17, 15) is 4.91 Å². The average Bonchev–Trinajstić information content (AvgIpc) is 2.59. The van der Waals surface area contributed by atoms with E-state index < -0.39 is 0 Å². The molecule has 0 fully saturated rings. The van der Waals surface area contributed by atoms with Crippen molar-refractivity contribution in [1.29, 1.82) is 0 Å². The maximum absolute atomic E-state index is 10.5. The van der Waals surface area contributed by atoms with Crippen molar-refractivity contribution in [3.63, 3.8) is 0 Å². The number of hydrogen-bond donors (Lipinski definition) is 0. The summed E-state index contributed by atoms with van der Waals surface area (Å²) in [4.78, 5) is 10.5. The molecule has 1 aliphatic carbocycles. The molecule has 0 bridgehead atoms. The molecule has 1 aromatic rings. The van der Waals surface area contributed by atoms with Crippen LogP contribution in [0.5, 0.6) is 5.75 Å². The van der Waals surface area contributed by atoms with Gasteiger partial charge in [-0.2, -0.15) is 4.91 Å². The maximum Gasteiger partial charge on any atom is 0.119 e. The first kappa shape index (κ1) is 8.23. The molecule has 0 aromatic heterocycles. The van der Waals surface area contributed by atoms with Crippen molar-refractivity contribution in [1.82, 2.24) is 0 Å². The van der Waals surface area contributed by atoms with Crippen LogP contribution >= 0.6 is 0 Å². The maximum atomic E-state index is 10.5. The van der Waals surface area contributed by atoms with Crippen LogP contribution < -0.4 is 4.74 Å². The van der Waals surface area contributed by atoms with E-state index in [4.69, 9.17) is 4.74 Å². The summed E-state index contributed by atoms with van der Waals surface area (Å²) in [7, 11) is 1.63. The fourth-order valence-electron chi connectivity index (χ4n) is 1.80. The van der Waals surface area contributed by atoms with Crippen LogP contribution in [-0.4, -0.2) is 7.11 Å². The summed E-state index contributed by atoms with van der Waals surface area (Å²) in [5, 5.41) is 3.10. The molecular formula is C10H11NO2. The van der Waals surface area contributed by atoms with Crippen LogP contribution in [0.3, 0.4) is 0 Å². The molecule has 0 radical (unpaired) electrons. The van der Waals surface area contributed by atoms with Gasteiger partial charge in [0.25, 0.3) is 0 Å². The molecule has 0 aliphatic heterocycles.